The van der Waals surface area contributed by atoms with Gasteiger partial charge in [-0.1, -0.05) is 13.8 Å². The first-order valence-electron chi connectivity index (χ1n) is 7.04. The van der Waals surface area contributed by atoms with E-state index >= 15 is 0 Å². The Kier molecular flexibility index (Phi) is 4.63. The Morgan fingerprint density at radius 3 is 2.89 bits per heavy atom. The van der Waals surface area contributed by atoms with Gasteiger partial charge >= 0.3 is 0 Å². The molecule has 1 aliphatic rings. The van der Waals surface area contributed by atoms with E-state index in [1.165, 1.54) is 16.2 Å². The van der Waals surface area contributed by atoms with E-state index in [9.17, 15) is 4.79 Å². The maximum atomic E-state index is 12.4. The number of aryl methyl sites for hydroxylation is 1. The molecule has 1 unspecified atom stereocenters. The number of piperidine rings is 1. The number of hydrogen-bond donors (Lipinski definition) is 2. The molecule has 0 radical (unpaired) electrons. The molecule has 2 N–H and O–H groups in total. The maximum Gasteiger partial charge on any atom is 0.226 e. The number of amides is 1. The van der Waals surface area contributed by atoms with Crippen molar-refractivity contribution in [2.24, 2.45) is 11.3 Å². The quantitative estimate of drug-likeness (QED) is 0.890. The third-order valence-corrected chi connectivity index (χ3v) is 5.12. The van der Waals surface area contributed by atoms with Crippen LogP contribution in [0.3, 0.4) is 0 Å². The van der Waals surface area contributed by atoms with E-state index in [0.29, 0.717) is 12.5 Å². The molecule has 0 saturated carbocycles. The minimum absolute atomic E-state index is 0.173. The summed E-state index contributed by atoms with van der Waals surface area (Å²) in [4.78, 5) is 14.9. The lowest BCUT2D eigenvalue weighted by atomic mass is 9.74. The largest absolute Gasteiger partial charge is 0.351 e. The van der Waals surface area contributed by atoms with Crippen LogP contribution in [0.4, 0.5) is 0 Å². The van der Waals surface area contributed by atoms with Crippen LogP contribution in [0.15, 0.2) is 12.1 Å². The van der Waals surface area contributed by atoms with Gasteiger partial charge in [0, 0.05) is 15.2 Å². The van der Waals surface area contributed by atoms with Gasteiger partial charge in [-0.25, -0.2) is 0 Å². The fourth-order valence-electron chi connectivity index (χ4n) is 2.63. The van der Waals surface area contributed by atoms with Crippen molar-refractivity contribution in [1.82, 2.24) is 10.6 Å². The molecule has 1 aliphatic heterocycles. The average molecular weight is 280 g/mol. The zero-order chi connectivity index (χ0) is 13.9. The molecule has 3 nitrogen and oxygen atoms in total. The normalized spacial score (nSPS) is 20.3. The van der Waals surface area contributed by atoms with Crippen molar-refractivity contribution in [2.45, 2.75) is 40.2 Å². The summed E-state index contributed by atoms with van der Waals surface area (Å²) in [6.07, 6.45) is 2.32. The minimum Gasteiger partial charge on any atom is -0.351 e. The molecule has 0 bridgehead atoms. The van der Waals surface area contributed by atoms with Gasteiger partial charge in [-0.3, -0.25) is 4.79 Å². The van der Waals surface area contributed by atoms with Crippen LogP contribution in [-0.4, -0.2) is 19.0 Å². The molecular weight excluding hydrogens is 256 g/mol. The van der Waals surface area contributed by atoms with Crippen LogP contribution in [0.5, 0.6) is 0 Å². The van der Waals surface area contributed by atoms with Gasteiger partial charge in [-0.05, 0) is 50.9 Å². The molecule has 106 valence electrons. The lowest BCUT2D eigenvalue weighted by Gasteiger charge is -2.36. The zero-order valence-corrected chi connectivity index (χ0v) is 12.9. The number of carbonyl (C=O) groups excluding carboxylic acids is 1. The van der Waals surface area contributed by atoms with Crippen LogP contribution >= 0.6 is 11.3 Å². The molecule has 0 aromatic carbocycles. The monoisotopic (exact) mass is 280 g/mol. The Hall–Kier alpha value is -0.870. The van der Waals surface area contributed by atoms with Gasteiger partial charge in [-0.2, -0.15) is 0 Å². The number of carbonyl (C=O) groups is 1. The highest BCUT2D eigenvalue weighted by atomic mass is 32.1. The molecule has 4 heteroatoms. The Bertz CT molecular complexity index is 433. The van der Waals surface area contributed by atoms with Gasteiger partial charge in [0.05, 0.1) is 6.54 Å². The van der Waals surface area contributed by atoms with Gasteiger partial charge in [-0.15, -0.1) is 11.3 Å². The molecule has 1 atom stereocenters. The van der Waals surface area contributed by atoms with Crippen LogP contribution < -0.4 is 10.6 Å². The summed E-state index contributed by atoms with van der Waals surface area (Å²) in [7, 11) is 0. The molecule has 0 spiro atoms. The molecule has 1 amide bonds. The Balaban J connectivity index is 1.90. The van der Waals surface area contributed by atoms with Crippen molar-refractivity contribution in [3.05, 3.63) is 21.9 Å². The molecule has 19 heavy (non-hydrogen) atoms. The highest BCUT2D eigenvalue weighted by Gasteiger charge is 2.36. The highest BCUT2D eigenvalue weighted by molar-refractivity contribution is 7.11. The standard InChI is InChI=1S/C15H24N2OS/c1-11-6-7-13(19-11)10-17-14(18)15(2,3)12-5-4-8-16-9-12/h6-7,12,16H,4-5,8-10H2,1-3H3,(H,17,18). The summed E-state index contributed by atoms with van der Waals surface area (Å²) in [6, 6.07) is 4.19. The number of rotatable bonds is 4. The van der Waals surface area contributed by atoms with Crippen LogP contribution in [0.1, 0.15) is 36.4 Å². The summed E-state index contributed by atoms with van der Waals surface area (Å²) in [6.45, 7) is 8.93. The van der Waals surface area contributed by atoms with E-state index in [1.807, 2.05) is 0 Å². The lowest BCUT2D eigenvalue weighted by molar-refractivity contribution is -0.132. The van der Waals surface area contributed by atoms with Crippen molar-refractivity contribution < 1.29 is 4.79 Å². The van der Waals surface area contributed by atoms with E-state index < -0.39 is 0 Å². The molecule has 1 fully saturated rings. The summed E-state index contributed by atoms with van der Waals surface area (Å²) in [5.74, 6) is 0.610. The summed E-state index contributed by atoms with van der Waals surface area (Å²) >= 11 is 1.75. The predicted octanol–water partition coefficient (Wildman–Crippen LogP) is 2.70. The van der Waals surface area contributed by atoms with Crippen molar-refractivity contribution >= 4 is 17.2 Å². The van der Waals surface area contributed by atoms with E-state index in [2.05, 4.69) is 43.5 Å². The van der Waals surface area contributed by atoms with Gasteiger partial charge in [0.2, 0.25) is 5.91 Å². The van der Waals surface area contributed by atoms with Crippen LogP contribution in [0.2, 0.25) is 0 Å². The fourth-order valence-corrected chi connectivity index (χ4v) is 3.46. The molecule has 1 aromatic rings. The second kappa shape index (κ2) is 6.06. The number of hydrogen-bond acceptors (Lipinski definition) is 3. The second-order valence-corrected chi connectivity index (χ2v) is 7.33. The van der Waals surface area contributed by atoms with Crippen molar-refractivity contribution in [2.75, 3.05) is 13.1 Å². The zero-order valence-electron chi connectivity index (χ0n) is 12.1. The summed E-state index contributed by atoms with van der Waals surface area (Å²) in [5, 5.41) is 6.49. The predicted molar refractivity (Wildman–Crippen MR) is 80.3 cm³/mol. The van der Waals surface area contributed by atoms with E-state index in [4.69, 9.17) is 0 Å². The number of nitrogens with one attached hydrogen (secondary N) is 2. The van der Waals surface area contributed by atoms with Crippen LogP contribution in [0.25, 0.3) is 0 Å². The minimum atomic E-state index is -0.292. The van der Waals surface area contributed by atoms with Gasteiger partial charge in [0.25, 0.3) is 0 Å². The van der Waals surface area contributed by atoms with E-state index in [0.717, 1.165) is 19.5 Å². The lowest BCUT2D eigenvalue weighted by Crippen LogP contribution is -2.47. The first-order valence-corrected chi connectivity index (χ1v) is 7.86. The maximum absolute atomic E-state index is 12.4. The third-order valence-electron chi connectivity index (χ3n) is 4.12. The molecule has 1 saturated heterocycles. The Labute approximate surface area is 119 Å². The first-order chi connectivity index (χ1) is 9.00. The van der Waals surface area contributed by atoms with Crippen LogP contribution in [0, 0.1) is 18.3 Å². The van der Waals surface area contributed by atoms with Gasteiger partial charge < -0.3 is 10.6 Å². The molecule has 2 heterocycles. The smallest absolute Gasteiger partial charge is 0.226 e. The fraction of sp³-hybridized carbons (Fsp3) is 0.667. The van der Waals surface area contributed by atoms with Gasteiger partial charge in [0.15, 0.2) is 0 Å². The van der Waals surface area contributed by atoms with E-state index in [1.54, 1.807) is 11.3 Å². The second-order valence-electron chi connectivity index (χ2n) is 5.96. The summed E-state index contributed by atoms with van der Waals surface area (Å²) in [5.41, 5.74) is -0.292. The SMILES string of the molecule is Cc1ccc(CNC(=O)C(C)(C)C2CCCNC2)s1. The molecule has 0 aliphatic carbocycles. The molecule has 1 aromatic heterocycles. The topological polar surface area (TPSA) is 41.1 Å². The number of thiophene rings is 1. The molecular formula is C15H24N2OS. The highest BCUT2D eigenvalue weighted by Crippen LogP contribution is 2.32. The van der Waals surface area contributed by atoms with Crippen LogP contribution in [-0.2, 0) is 11.3 Å². The third kappa shape index (κ3) is 3.57. The van der Waals surface area contributed by atoms with Crippen molar-refractivity contribution in [1.29, 1.82) is 0 Å². The Morgan fingerprint density at radius 1 is 1.53 bits per heavy atom. The summed E-state index contributed by atoms with van der Waals surface area (Å²) < 4.78 is 0. The van der Waals surface area contributed by atoms with Crippen molar-refractivity contribution in [3.63, 3.8) is 0 Å². The average Bonchev–Trinajstić information content (AvgIpc) is 2.82. The van der Waals surface area contributed by atoms with E-state index in [-0.39, 0.29) is 11.3 Å². The van der Waals surface area contributed by atoms with Crippen molar-refractivity contribution in [3.8, 4) is 0 Å². The first kappa shape index (κ1) is 14.5. The Morgan fingerprint density at radius 2 is 2.32 bits per heavy atom. The van der Waals surface area contributed by atoms with Gasteiger partial charge in [0.1, 0.15) is 0 Å². The molecule has 2 rings (SSSR count).